The van der Waals surface area contributed by atoms with Crippen LogP contribution in [0.3, 0.4) is 0 Å². The summed E-state index contributed by atoms with van der Waals surface area (Å²) in [6, 6.07) is 12.8. The number of carbonyl (C=O) groups is 2. The number of amides is 2. The number of nitrogens with two attached hydrogens (primary N) is 1. The van der Waals surface area contributed by atoms with E-state index < -0.39 is 0 Å². The highest BCUT2D eigenvalue weighted by atomic mass is 32.1. The first-order valence-corrected chi connectivity index (χ1v) is 10.0. The molecule has 2 aliphatic rings. The van der Waals surface area contributed by atoms with Gasteiger partial charge in [0.2, 0.25) is 12.7 Å². The van der Waals surface area contributed by atoms with Gasteiger partial charge in [-0.25, -0.2) is 4.98 Å². The number of hydrogen-bond donors (Lipinski definition) is 2. The van der Waals surface area contributed by atoms with Crippen LogP contribution in [0.1, 0.15) is 9.67 Å². The third-order valence-electron chi connectivity index (χ3n) is 5.22. The molecule has 0 radical (unpaired) electrons. The summed E-state index contributed by atoms with van der Waals surface area (Å²) in [5.74, 6) is 0.729. The molecule has 30 heavy (non-hydrogen) atoms. The fourth-order valence-corrected chi connectivity index (χ4v) is 4.82. The van der Waals surface area contributed by atoms with Crippen LogP contribution in [0, 0.1) is 0 Å². The maximum Gasteiger partial charge on any atom is 0.271 e. The summed E-state index contributed by atoms with van der Waals surface area (Å²) in [5.41, 5.74) is 8.70. The van der Waals surface area contributed by atoms with Crippen LogP contribution in [0.2, 0.25) is 0 Å². The lowest BCUT2D eigenvalue weighted by Gasteiger charge is -2.28. The summed E-state index contributed by atoms with van der Waals surface area (Å²) in [6.07, 6.45) is 0. The summed E-state index contributed by atoms with van der Waals surface area (Å²) < 4.78 is 10.9. The number of pyridine rings is 1. The molecule has 0 atom stereocenters. The Morgan fingerprint density at radius 1 is 1.17 bits per heavy atom. The van der Waals surface area contributed by atoms with Gasteiger partial charge in [0.05, 0.1) is 22.6 Å². The van der Waals surface area contributed by atoms with Gasteiger partial charge in [0, 0.05) is 16.8 Å². The van der Waals surface area contributed by atoms with Crippen molar-refractivity contribution in [1.29, 1.82) is 0 Å². The van der Waals surface area contributed by atoms with Crippen LogP contribution in [0.15, 0.2) is 42.5 Å². The van der Waals surface area contributed by atoms with Crippen LogP contribution in [-0.2, 0) is 4.79 Å². The first-order chi connectivity index (χ1) is 14.6. The monoisotopic (exact) mass is 418 g/mol. The number of carbonyl (C=O) groups excluding carboxylic acids is 2. The molecule has 0 bridgehead atoms. The summed E-state index contributed by atoms with van der Waals surface area (Å²) in [7, 11) is 0. The number of rotatable bonds is 1. The van der Waals surface area contributed by atoms with Crippen molar-refractivity contribution in [2.75, 3.05) is 29.3 Å². The number of benzene rings is 2. The first-order valence-electron chi connectivity index (χ1n) is 9.21. The van der Waals surface area contributed by atoms with Crippen LogP contribution in [0.25, 0.3) is 21.1 Å². The molecule has 2 aromatic carbocycles. The molecule has 0 saturated carbocycles. The Morgan fingerprint density at radius 3 is 2.83 bits per heavy atom. The number of nitrogens with zero attached hydrogens (tertiary/aromatic N) is 2. The molecule has 9 heteroatoms. The highest BCUT2D eigenvalue weighted by Gasteiger charge is 2.30. The Balaban J connectivity index is 1.48. The molecule has 2 amide bonds. The van der Waals surface area contributed by atoms with Gasteiger partial charge in [-0.1, -0.05) is 12.1 Å². The van der Waals surface area contributed by atoms with Gasteiger partial charge in [-0.05, 0) is 24.3 Å². The lowest BCUT2D eigenvalue weighted by atomic mass is 10.1. The van der Waals surface area contributed by atoms with E-state index in [1.807, 2.05) is 24.3 Å². The SMILES string of the molecule is Nc1c(C(=O)N2CC(=O)Nc3ccccc32)sc2nc3cc4c(cc3cc12)OCO4. The predicted octanol–water partition coefficient (Wildman–Crippen LogP) is 3.36. The van der Waals surface area contributed by atoms with Crippen molar-refractivity contribution in [2.45, 2.75) is 0 Å². The fraction of sp³-hybridized carbons (Fsp3) is 0.0952. The molecule has 2 aromatic heterocycles. The fourth-order valence-electron chi connectivity index (χ4n) is 3.79. The Kier molecular flexibility index (Phi) is 3.45. The van der Waals surface area contributed by atoms with Crippen LogP contribution in [0.5, 0.6) is 11.5 Å². The molecule has 148 valence electrons. The number of anilines is 3. The number of para-hydroxylation sites is 2. The number of fused-ring (bicyclic) bond motifs is 4. The molecule has 8 nitrogen and oxygen atoms in total. The van der Waals surface area contributed by atoms with E-state index in [1.165, 1.54) is 16.2 Å². The summed E-state index contributed by atoms with van der Waals surface area (Å²) in [4.78, 5) is 32.6. The molecule has 4 heterocycles. The highest BCUT2D eigenvalue weighted by molar-refractivity contribution is 7.21. The molecule has 0 saturated heterocycles. The van der Waals surface area contributed by atoms with E-state index in [1.54, 1.807) is 18.2 Å². The third kappa shape index (κ3) is 2.42. The lowest BCUT2D eigenvalue weighted by molar-refractivity contribution is -0.115. The van der Waals surface area contributed by atoms with Gasteiger partial charge in [-0.3, -0.25) is 14.5 Å². The van der Waals surface area contributed by atoms with Crippen molar-refractivity contribution in [3.05, 3.63) is 47.3 Å². The van der Waals surface area contributed by atoms with Crippen LogP contribution in [-0.4, -0.2) is 30.1 Å². The minimum atomic E-state index is -0.323. The van der Waals surface area contributed by atoms with Crippen molar-refractivity contribution in [3.8, 4) is 11.5 Å². The second kappa shape index (κ2) is 6.07. The van der Waals surface area contributed by atoms with Crippen LogP contribution >= 0.6 is 11.3 Å². The van der Waals surface area contributed by atoms with Gasteiger partial charge in [-0.2, -0.15) is 0 Å². The normalized spacial score (nSPS) is 14.8. The number of ether oxygens (including phenoxy) is 2. The average molecular weight is 418 g/mol. The van der Waals surface area contributed by atoms with Gasteiger partial charge in [0.25, 0.3) is 5.91 Å². The second-order valence-electron chi connectivity index (χ2n) is 7.04. The lowest BCUT2D eigenvalue weighted by Crippen LogP contribution is -2.42. The van der Waals surface area contributed by atoms with E-state index in [0.29, 0.717) is 43.7 Å². The van der Waals surface area contributed by atoms with Crippen LogP contribution in [0.4, 0.5) is 17.1 Å². The van der Waals surface area contributed by atoms with Crippen molar-refractivity contribution < 1.29 is 19.1 Å². The van der Waals surface area contributed by atoms with Gasteiger partial charge >= 0.3 is 0 Å². The molecule has 3 N–H and O–H groups in total. The van der Waals surface area contributed by atoms with Gasteiger partial charge in [0.15, 0.2) is 11.5 Å². The topological polar surface area (TPSA) is 107 Å². The number of nitrogens with one attached hydrogen (secondary N) is 1. The van der Waals surface area contributed by atoms with Crippen LogP contribution < -0.4 is 25.4 Å². The quantitative estimate of drug-likeness (QED) is 0.491. The van der Waals surface area contributed by atoms with Gasteiger partial charge in [-0.15, -0.1) is 11.3 Å². The zero-order chi connectivity index (χ0) is 20.4. The zero-order valence-corrected chi connectivity index (χ0v) is 16.3. The maximum atomic E-state index is 13.4. The Labute approximate surface area is 173 Å². The summed E-state index contributed by atoms with van der Waals surface area (Å²) >= 11 is 1.22. The molecule has 0 aliphatic carbocycles. The van der Waals surface area contributed by atoms with E-state index in [9.17, 15) is 9.59 Å². The Hall–Kier alpha value is -3.85. The average Bonchev–Trinajstić information content (AvgIpc) is 3.33. The Bertz CT molecular complexity index is 1400. The van der Waals surface area contributed by atoms with Crippen molar-refractivity contribution in [1.82, 2.24) is 4.98 Å². The van der Waals surface area contributed by atoms with E-state index >= 15 is 0 Å². The van der Waals surface area contributed by atoms with E-state index in [-0.39, 0.29) is 25.2 Å². The smallest absolute Gasteiger partial charge is 0.271 e. The molecule has 0 spiro atoms. The van der Waals surface area contributed by atoms with Gasteiger partial charge in [0.1, 0.15) is 16.3 Å². The number of aromatic nitrogens is 1. The molecule has 0 fully saturated rings. The van der Waals surface area contributed by atoms with Crippen molar-refractivity contribution >= 4 is 61.3 Å². The van der Waals surface area contributed by atoms with Gasteiger partial charge < -0.3 is 20.5 Å². The standard InChI is InChI=1S/C21H14N4O4S/c22-18-11-5-10-6-15-16(29-9-28-15)7-13(10)24-20(11)30-19(18)21(27)25-8-17(26)23-12-3-1-2-4-14(12)25/h1-7H,8-9,22H2,(H,23,26). The largest absolute Gasteiger partial charge is 0.454 e. The van der Waals surface area contributed by atoms with Crippen molar-refractivity contribution in [3.63, 3.8) is 0 Å². The third-order valence-corrected chi connectivity index (χ3v) is 6.32. The number of nitrogen functional groups attached to an aromatic ring is 1. The minimum absolute atomic E-state index is 0.0691. The molecule has 2 aliphatic heterocycles. The minimum Gasteiger partial charge on any atom is -0.454 e. The highest BCUT2D eigenvalue weighted by Crippen LogP contribution is 2.41. The zero-order valence-electron chi connectivity index (χ0n) is 15.5. The number of hydrogen-bond acceptors (Lipinski definition) is 7. The first kappa shape index (κ1) is 17.0. The van der Waals surface area contributed by atoms with E-state index in [4.69, 9.17) is 15.2 Å². The van der Waals surface area contributed by atoms with E-state index in [2.05, 4.69) is 10.3 Å². The summed E-state index contributed by atoms with van der Waals surface area (Å²) in [5, 5.41) is 4.33. The predicted molar refractivity (Wildman–Crippen MR) is 114 cm³/mol. The van der Waals surface area contributed by atoms with E-state index in [0.717, 1.165) is 10.9 Å². The number of thiophene rings is 1. The Morgan fingerprint density at radius 2 is 1.97 bits per heavy atom. The van der Waals surface area contributed by atoms with Crippen molar-refractivity contribution in [2.24, 2.45) is 0 Å². The summed E-state index contributed by atoms with van der Waals surface area (Å²) in [6.45, 7) is 0.117. The molecule has 0 unspecified atom stereocenters. The molecule has 4 aromatic rings. The molecule has 6 rings (SSSR count). The molecular formula is C21H14N4O4S. The maximum absolute atomic E-state index is 13.4. The molecular weight excluding hydrogens is 404 g/mol. The second-order valence-corrected chi connectivity index (χ2v) is 8.04.